The number of nitrogens with zero attached hydrogens (tertiary/aromatic N) is 3. The van der Waals surface area contributed by atoms with E-state index in [1.54, 1.807) is 0 Å². The minimum absolute atomic E-state index is 0.00698. The number of nitro benzene ring substituents is 1. The monoisotopic (exact) mass is 565 g/mol. The molecule has 0 saturated carbocycles. The Labute approximate surface area is 222 Å². The quantitative estimate of drug-likeness (QED) is 0.162. The highest BCUT2D eigenvalue weighted by atomic mass is 35.5. The lowest BCUT2D eigenvalue weighted by molar-refractivity contribution is -0.385. The van der Waals surface area contributed by atoms with Gasteiger partial charge >= 0.3 is 0 Å². The molecule has 182 valence electrons. The Bertz CT molecular complexity index is 1490. The highest BCUT2D eigenvalue weighted by molar-refractivity contribution is 6.42. The number of fused-ring (bicyclic) bond motifs is 1. The van der Waals surface area contributed by atoms with Gasteiger partial charge in [0.05, 0.1) is 25.6 Å². The Balaban J connectivity index is 1.81. The summed E-state index contributed by atoms with van der Waals surface area (Å²) in [5, 5.41) is 12.8. The topological polar surface area (TPSA) is 118 Å². The van der Waals surface area contributed by atoms with Crippen LogP contribution in [0, 0.1) is 10.1 Å². The van der Waals surface area contributed by atoms with E-state index < -0.39 is 46.2 Å². The number of hydrogen-bond acceptors (Lipinski definition) is 6. The second kappa shape index (κ2) is 9.87. The first-order valence-electron chi connectivity index (χ1n) is 9.92. The van der Waals surface area contributed by atoms with Crippen molar-refractivity contribution in [3.63, 3.8) is 0 Å². The van der Waals surface area contributed by atoms with E-state index in [9.17, 15) is 29.3 Å². The molecule has 0 spiro atoms. The summed E-state index contributed by atoms with van der Waals surface area (Å²) < 4.78 is 0. The van der Waals surface area contributed by atoms with Crippen LogP contribution in [0.2, 0.25) is 20.1 Å². The van der Waals surface area contributed by atoms with Crippen molar-refractivity contribution in [2.75, 3.05) is 6.54 Å². The van der Waals surface area contributed by atoms with Gasteiger partial charge < -0.3 is 0 Å². The molecular weight excluding hydrogens is 556 g/mol. The fourth-order valence-electron chi connectivity index (χ4n) is 3.58. The first kappa shape index (κ1) is 25.6. The van der Waals surface area contributed by atoms with Gasteiger partial charge in [0, 0.05) is 22.2 Å². The summed E-state index contributed by atoms with van der Waals surface area (Å²) in [6, 6.07) is 11.3. The van der Waals surface area contributed by atoms with E-state index >= 15 is 0 Å². The zero-order valence-corrected chi connectivity index (χ0v) is 20.7. The number of carbonyl (C=O) groups is 4. The molecule has 0 atom stereocenters. The first-order chi connectivity index (χ1) is 17.0. The summed E-state index contributed by atoms with van der Waals surface area (Å²) in [4.78, 5) is 63.8. The summed E-state index contributed by atoms with van der Waals surface area (Å²) >= 11 is 24.0. The standard InChI is InChI=1S/C23H11Cl4N3O6/c24-12-5-6-13(16(26)9-12)19(31)10-28(21(32)11-4-7-15(25)17(27)8-11)29-22(33)14-2-1-3-18(30(35)36)20(14)23(29)34/h1-9H,10H2. The van der Waals surface area contributed by atoms with Gasteiger partial charge in [-0.25, -0.2) is 5.01 Å². The number of hydrogen-bond donors (Lipinski definition) is 0. The van der Waals surface area contributed by atoms with Crippen molar-refractivity contribution in [1.29, 1.82) is 0 Å². The van der Waals surface area contributed by atoms with Gasteiger partial charge in [-0.05, 0) is 42.5 Å². The van der Waals surface area contributed by atoms with Crippen molar-refractivity contribution in [1.82, 2.24) is 10.0 Å². The van der Waals surface area contributed by atoms with Crippen molar-refractivity contribution in [3.05, 3.63) is 107 Å². The molecule has 1 aliphatic rings. The van der Waals surface area contributed by atoms with E-state index in [1.807, 2.05) is 0 Å². The normalized spacial score (nSPS) is 12.5. The lowest BCUT2D eigenvalue weighted by Gasteiger charge is -2.29. The van der Waals surface area contributed by atoms with Crippen LogP contribution in [0.1, 0.15) is 41.4 Å². The van der Waals surface area contributed by atoms with Gasteiger partial charge in [-0.2, -0.15) is 5.01 Å². The largest absolute Gasteiger partial charge is 0.292 e. The van der Waals surface area contributed by atoms with E-state index in [0.717, 1.165) is 6.07 Å². The number of amides is 3. The zero-order chi connectivity index (χ0) is 26.3. The molecule has 3 amide bonds. The SMILES string of the molecule is O=C(CN(C(=O)c1ccc(Cl)c(Cl)c1)N1C(=O)c2cccc([N+](=O)[O-])c2C1=O)c1ccc(Cl)cc1Cl. The molecular formula is C23H11Cl4N3O6. The highest BCUT2D eigenvalue weighted by Crippen LogP contribution is 2.33. The summed E-state index contributed by atoms with van der Waals surface area (Å²) in [7, 11) is 0. The maximum Gasteiger partial charge on any atom is 0.287 e. The van der Waals surface area contributed by atoms with Crippen LogP contribution in [0.3, 0.4) is 0 Å². The molecule has 3 aromatic carbocycles. The van der Waals surface area contributed by atoms with Gasteiger partial charge in [0.1, 0.15) is 12.1 Å². The Morgan fingerprint density at radius 3 is 2.25 bits per heavy atom. The van der Waals surface area contributed by atoms with Crippen molar-refractivity contribution >= 4 is 75.6 Å². The molecule has 0 unspecified atom stereocenters. The molecule has 1 heterocycles. The smallest absolute Gasteiger partial charge is 0.287 e. The van der Waals surface area contributed by atoms with E-state index in [0.29, 0.717) is 10.0 Å². The van der Waals surface area contributed by atoms with Crippen molar-refractivity contribution < 1.29 is 24.1 Å². The molecule has 0 saturated heterocycles. The van der Waals surface area contributed by atoms with Crippen LogP contribution in [0.5, 0.6) is 0 Å². The molecule has 0 radical (unpaired) electrons. The number of halogens is 4. The number of hydrazine groups is 1. The number of nitro groups is 1. The third-order valence-electron chi connectivity index (χ3n) is 5.24. The number of carbonyl (C=O) groups excluding carboxylic acids is 4. The minimum Gasteiger partial charge on any atom is -0.292 e. The van der Waals surface area contributed by atoms with Crippen LogP contribution in [-0.4, -0.2) is 45.0 Å². The average Bonchev–Trinajstić information content (AvgIpc) is 3.08. The summed E-state index contributed by atoms with van der Waals surface area (Å²) in [6.45, 7) is -0.820. The average molecular weight is 567 g/mol. The maximum absolute atomic E-state index is 13.5. The molecule has 0 bridgehead atoms. The summed E-state index contributed by atoms with van der Waals surface area (Å²) in [5.74, 6) is -3.88. The van der Waals surface area contributed by atoms with Crippen LogP contribution in [0.15, 0.2) is 54.6 Å². The maximum atomic E-state index is 13.5. The van der Waals surface area contributed by atoms with Crippen molar-refractivity contribution in [3.8, 4) is 0 Å². The Morgan fingerprint density at radius 2 is 1.61 bits per heavy atom. The van der Waals surface area contributed by atoms with E-state index in [2.05, 4.69) is 0 Å². The van der Waals surface area contributed by atoms with Crippen LogP contribution < -0.4 is 0 Å². The molecule has 1 aliphatic heterocycles. The van der Waals surface area contributed by atoms with Gasteiger partial charge in [0.15, 0.2) is 5.78 Å². The third-order valence-corrected chi connectivity index (χ3v) is 6.52. The first-order valence-corrected chi connectivity index (χ1v) is 11.4. The van der Waals surface area contributed by atoms with Gasteiger partial charge in [-0.3, -0.25) is 29.3 Å². The number of Topliss-reactive ketones (excluding diaryl/α,β-unsaturated/α-hetero) is 1. The van der Waals surface area contributed by atoms with Gasteiger partial charge in [-0.1, -0.05) is 52.5 Å². The Morgan fingerprint density at radius 1 is 0.889 bits per heavy atom. The molecule has 0 N–H and O–H groups in total. The molecule has 0 fully saturated rings. The van der Waals surface area contributed by atoms with Gasteiger partial charge in [-0.15, -0.1) is 0 Å². The second-order valence-electron chi connectivity index (χ2n) is 7.42. The lowest BCUT2D eigenvalue weighted by Crippen LogP contribution is -2.51. The van der Waals surface area contributed by atoms with Crippen LogP contribution in [-0.2, 0) is 0 Å². The minimum atomic E-state index is -1.15. The van der Waals surface area contributed by atoms with Crippen LogP contribution in [0.25, 0.3) is 0 Å². The zero-order valence-electron chi connectivity index (χ0n) is 17.7. The van der Waals surface area contributed by atoms with Crippen LogP contribution in [0.4, 0.5) is 5.69 Å². The number of benzene rings is 3. The van der Waals surface area contributed by atoms with E-state index in [1.165, 1.54) is 48.5 Å². The second-order valence-corrected chi connectivity index (χ2v) is 9.08. The summed E-state index contributed by atoms with van der Waals surface area (Å²) in [5.41, 5.74) is -1.56. The summed E-state index contributed by atoms with van der Waals surface area (Å²) in [6.07, 6.45) is 0. The van der Waals surface area contributed by atoms with Crippen LogP contribution >= 0.6 is 46.4 Å². The Kier molecular flexibility index (Phi) is 7.01. The molecule has 9 nitrogen and oxygen atoms in total. The van der Waals surface area contributed by atoms with Gasteiger partial charge in [0.2, 0.25) is 0 Å². The molecule has 0 aromatic heterocycles. The van der Waals surface area contributed by atoms with Crippen molar-refractivity contribution in [2.24, 2.45) is 0 Å². The van der Waals surface area contributed by atoms with E-state index in [4.69, 9.17) is 46.4 Å². The Hall–Kier alpha value is -3.50. The molecule has 13 heteroatoms. The number of imide groups is 1. The lowest BCUT2D eigenvalue weighted by atomic mass is 10.1. The predicted octanol–water partition coefficient (Wildman–Crippen LogP) is 5.74. The molecule has 36 heavy (non-hydrogen) atoms. The molecule has 0 aliphatic carbocycles. The van der Waals surface area contributed by atoms with E-state index in [-0.39, 0.29) is 36.8 Å². The fourth-order valence-corrected chi connectivity index (χ4v) is 4.39. The predicted molar refractivity (Wildman–Crippen MR) is 132 cm³/mol. The van der Waals surface area contributed by atoms with Crippen molar-refractivity contribution in [2.45, 2.75) is 0 Å². The third kappa shape index (κ3) is 4.54. The number of rotatable bonds is 6. The fraction of sp³-hybridized carbons (Fsp3) is 0.0435. The molecule has 4 rings (SSSR count). The van der Waals surface area contributed by atoms with Gasteiger partial charge in [0.25, 0.3) is 23.4 Å². The highest BCUT2D eigenvalue weighted by Gasteiger charge is 2.46. The molecule has 3 aromatic rings. The number of ketones is 1.